The number of aliphatic hydroxyl groups excluding tert-OH is 1. The number of fused-ring (bicyclic) bond motifs is 1. The van der Waals surface area contributed by atoms with Crippen LogP contribution in [-0.2, 0) is 11.8 Å². The van der Waals surface area contributed by atoms with Gasteiger partial charge in [-0.3, -0.25) is 9.78 Å². The first kappa shape index (κ1) is 16.2. The largest absolute Gasteiger partial charge is 0.386 e. The minimum Gasteiger partial charge on any atom is -0.386 e. The van der Waals surface area contributed by atoms with Gasteiger partial charge in [-0.15, -0.1) is 0 Å². The molecule has 0 radical (unpaired) electrons. The Balaban J connectivity index is 1.99. The van der Waals surface area contributed by atoms with E-state index in [1.54, 1.807) is 22.5 Å². The molecule has 24 heavy (non-hydrogen) atoms. The zero-order valence-electron chi connectivity index (χ0n) is 13.3. The number of nitrogens with two attached hydrogens (primary N) is 1. The van der Waals surface area contributed by atoms with E-state index in [2.05, 4.69) is 20.0 Å². The quantitative estimate of drug-likeness (QED) is 0.303. The second kappa shape index (κ2) is 6.11. The third-order valence-electron chi connectivity index (χ3n) is 4.38. The van der Waals surface area contributed by atoms with Gasteiger partial charge in [0.05, 0.1) is 13.2 Å². The highest BCUT2D eigenvalue weighted by Crippen LogP contribution is 2.36. The number of nitrogens with one attached hydrogen (secondary N) is 1. The number of aromatic nitrogens is 4. The number of rotatable bonds is 4. The van der Waals surface area contributed by atoms with Crippen molar-refractivity contribution in [3.63, 3.8) is 0 Å². The molecule has 4 N–H and O–H groups in total. The number of azide groups is 1. The number of H-pyrrole nitrogens is 1. The van der Waals surface area contributed by atoms with Crippen molar-refractivity contribution in [1.29, 1.82) is 0 Å². The minimum absolute atomic E-state index is 0.00658. The topological polar surface area (TPSA) is 159 Å². The van der Waals surface area contributed by atoms with Crippen molar-refractivity contribution in [2.24, 2.45) is 18.1 Å². The summed E-state index contributed by atoms with van der Waals surface area (Å²) in [6, 6.07) is 0. The zero-order chi connectivity index (χ0) is 17.4. The Bertz CT molecular complexity index is 868. The Labute approximate surface area is 136 Å². The van der Waals surface area contributed by atoms with Gasteiger partial charge in [0.25, 0.3) is 11.2 Å². The van der Waals surface area contributed by atoms with E-state index < -0.39 is 12.3 Å². The molecule has 0 aromatic carbocycles. The molecule has 1 aliphatic heterocycles. The molecule has 1 aliphatic rings. The molecule has 0 aliphatic carbocycles. The maximum Gasteiger partial charge on any atom is 0.304 e. The normalized spacial score (nSPS) is 26.6. The fourth-order valence-corrected chi connectivity index (χ4v) is 3.23. The number of hydrogen-bond acceptors (Lipinski definition) is 6. The highest BCUT2D eigenvalue weighted by atomic mass is 16.5. The second-order valence-electron chi connectivity index (χ2n) is 5.89. The van der Waals surface area contributed by atoms with Gasteiger partial charge in [-0.25, -0.2) is 4.57 Å². The first-order chi connectivity index (χ1) is 11.4. The second-order valence-corrected chi connectivity index (χ2v) is 5.89. The van der Waals surface area contributed by atoms with Crippen LogP contribution in [0.15, 0.2) is 16.2 Å². The van der Waals surface area contributed by atoms with Crippen LogP contribution < -0.4 is 15.9 Å². The Hall–Kier alpha value is -2.62. The lowest BCUT2D eigenvalue weighted by Crippen LogP contribution is -2.32. The van der Waals surface area contributed by atoms with Crippen molar-refractivity contribution in [3.8, 4) is 0 Å². The molecular weight excluding hydrogens is 316 g/mol. The molecule has 2 aromatic rings. The number of nitrogens with zero attached hydrogens (tertiary/aromatic N) is 6. The SMILES string of the molecule is C[C@H]1OC(n2c[n+](C)c3c(=O)[nH]c(N)nc32)[C@H](O)[C@@H]1CCN=[N+]=[N-]. The Morgan fingerprint density at radius 1 is 1.67 bits per heavy atom. The summed E-state index contributed by atoms with van der Waals surface area (Å²) in [6.45, 7) is 2.13. The third kappa shape index (κ3) is 2.58. The number of aliphatic hydroxyl groups is 1. The molecule has 1 fully saturated rings. The molecule has 0 spiro atoms. The predicted molar refractivity (Wildman–Crippen MR) is 83.7 cm³/mol. The molecule has 11 nitrogen and oxygen atoms in total. The van der Waals surface area contributed by atoms with Crippen molar-refractivity contribution < 1.29 is 14.4 Å². The number of aromatic amines is 1. The standard InChI is InChI=1S/C13H18N8O3/c1-6-7(3-4-16-19-15)9(22)12(24-6)21-5-20(2)8-10(21)17-13(14)18-11(8)23/h5-7,9,12,22H,3-4H2,1-2H3,(H2-,14,17,18,23)/p+1/t6-,7-,9-,12?/m1/s1. The van der Waals surface area contributed by atoms with Crippen LogP contribution in [0.4, 0.5) is 5.95 Å². The van der Waals surface area contributed by atoms with Gasteiger partial charge >= 0.3 is 5.56 Å². The number of imidazole rings is 1. The van der Waals surface area contributed by atoms with E-state index in [9.17, 15) is 9.90 Å². The van der Waals surface area contributed by atoms with Crippen LogP contribution in [0, 0.1) is 5.92 Å². The summed E-state index contributed by atoms with van der Waals surface area (Å²) in [4.78, 5) is 21.4. The molecule has 1 unspecified atom stereocenters. The number of anilines is 1. The van der Waals surface area contributed by atoms with E-state index in [1.807, 2.05) is 6.92 Å². The first-order valence-corrected chi connectivity index (χ1v) is 7.54. The highest BCUT2D eigenvalue weighted by Gasteiger charge is 2.45. The Morgan fingerprint density at radius 2 is 2.42 bits per heavy atom. The van der Waals surface area contributed by atoms with Crippen molar-refractivity contribution in [3.05, 3.63) is 27.1 Å². The molecule has 3 heterocycles. The molecule has 2 aromatic heterocycles. The van der Waals surface area contributed by atoms with Gasteiger partial charge in [-0.05, 0) is 18.9 Å². The molecule has 11 heteroatoms. The summed E-state index contributed by atoms with van der Waals surface area (Å²) in [5, 5.41) is 14.2. The van der Waals surface area contributed by atoms with Gasteiger partial charge < -0.3 is 15.6 Å². The number of nitrogen functional groups attached to an aromatic ring is 1. The van der Waals surface area contributed by atoms with E-state index in [0.29, 0.717) is 17.6 Å². The smallest absolute Gasteiger partial charge is 0.304 e. The Kier molecular flexibility index (Phi) is 4.14. The molecule has 0 amide bonds. The average Bonchev–Trinajstić information content (AvgIpc) is 2.98. The van der Waals surface area contributed by atoms with Gasteiger partial charge in [-0.2, -0.15) is 9.55 Å². The summed E-state index contributed by atoms with van der Waals surface area (Å²) >= 11 is 0. The fraction of sp³-hybridized carbons (Fsp3) is 0.615. The van der Waals surface area contributed by atoms with Crippen LogP contribution in [-0.4, -0.2) is 38.4 Å². The highest BCUT2D eigenvalue weighted by molar-refractivity contribution is 5.66. The summed E-state index contributed by atoms with van der Waals surface area (Å²) in [7, 11) is 1.70. The summed E-state index contributed by atoms with van der Waals surface area (Å²) in [5.41, 5.74) is 14.3. The first-order valence-electron chi connectivity index (χ1n) is 7.54. The molecule has 4 atom stereocenters. The van der Waals surface area contributed by atoms with E-state index in [4.69, 9.17) is 16.0 Å². The maximum atomic E-state index is 12.1. The lowest BCUT2D eigenvalue weighted by atomic mass is 9.95. The maximum absolute atomic E-state index is 12.1. The lowest BCUT2D eigenvalue weighted by molar-refractivity contribution is -0.646. The predicted octanol–water partition coefficient (Wildman–Crippen LogP) is -0.274. The van der Waals surface area contributed by atoms with Crippen LogP contribution in [0.2, 0.25) is 0 Å². The van der Waals surface area contributed by atoms with Gasteiger partial charge in [-0.1, -0.05) is 5.11 Å². The fourth-order valence-electron chi connectivity index (χ4n) is 3.23. The van der Waals surface area contributed by atoms with Crippen LogP contribution in [0.3, 0.4) is 0 Å². The monoisotopic (exact) mass is 335 g/mol. The van der Waals surface area contributed by atoms with Crippen molar-refractivity contribution in [2.45, 2.75) is 31.8 Å². The average molecular weight is 335 g/mol. The zero-order valence-corrected chi connectivity index (χ0v) is 13.3. The van der Waals surface area contributed by atoms with Crippen LogP contribution in [0.5, 0.6) is 0 Å². The van der Waals surface area contributed by atoms with E-state index >= 15 is 0 Å². The van der Waals surface area contributed by atoms with Gasteiger partial charge in [0.15, 0.2) is 0 Å². The number of ether oxygens (including phenoxy) is 1. The van der Waals surface area contributed by atoms with E-state index in [-0.39, 0.29) is 30.1 Å². The summed E-state index contributed by atoms with van der Waals surface area (Å²) < 4.78 is 9.09. The third-order valence-corrected chi connectivity index (χ3v) is 4.38. The summed E-state index contributed by atoms with van der Waals surface area (Å²) in [5.74, 6) is -0.199. The molecule has 3 rings (SSSR count). The van der Waals surface area contributed by atoms with E-state index in [1.165, 1.54) is 0 Å². The molecule has 1 saturated heterocycles. The van der Waals surface area contributed by atoms with Gasteiger partial charge in [0, 0.05) is 17.4 Å². The molecule has 128 valence electrons. The molecule has 0 bridgehead atoms. The Morgan fingerprint density at radius 3 is 3.12 bits per heavy atom. The lowest BCUT2D eigenvalue weighted by Gasteiger charge is -2.15. The van der Waals surface area contributed by atoms with E-state index in [0.717, 1.165) is 0 Å². The molecule has 0 saturated carbocycles. The molecular formula is C13H19N8O3+. The van der Waals surface area contributed by atoms with Crippen molar-refractivity contribution >= 4 is 17.1 Å². The van der Waals surface area contributed by atoms with Crippen molar-refractivity contribution in [2.75, 3.05) is 12.3 Å². The van der Waals surface area contributed by atoms with Crippen molar-refractivity contribution in [1.82, 2.24) is 14.5 Å². The van der Waals surface area contributed by atoms with Crippen LogP contribution in [0.1, 0.15) is 19.6 Å². The van der Waals surface area contributed by atoms with Gasteiger partial charge in [0.2, 0.25) is 18.5 Å². The number of hydrogen-bond donors (Lipinski definition) is 3. The summed E-state index contributed by atoms with van der Waals surface area (Å²) in [6.07, 6.45) is 0.383. The minimum atomic E-state index is -0.827. The number of aryl methyl sites for hydroxylation is 1. The van der Waals surface area contributed by atoms with Crippen LogP contribution >= 0.6 is 0 Å². The van der Waals surface area contributed by atoms with Gasteiger partial charge in [0.1, 0.15) is 6.10 Å². The van der Waals surface area contributed by atoms with Crippen LogP contribution in [0.25, 0.3) is 21.6 Å².